The summed E-state index contributed by atoms with van der Waals surface area (Å²) >= 11 is 0. The standard InChI is InChI=1S/C22H23F3N2O2S/c1-21-17-12-16(30(28,29)15-5-3-4-13(10-15)22(23,24)25)7-8-18(17)27(2)20(21)11-14-6-9-19(21)26-14/h3-5,7-8,10,12,14,19-20,26H,6,9,11H2,1-2H3. The summed E-state index contributed by atoms with van der Waals surface area (Å²) in [7, 11) is -2.04. The molecule has 3 aliphatic rings. The van der Waals surface area contributed by atoms with E-state index < -0.39 is 21.6 Å². The first-order chi connectivity index (χ1) is 14.0. The van der Waals surface area contributed by atoms with Gasteiger partial charge in [0.05, 0.1) is 15.4 Å². The molecule has 4 nitrogen and oxygen atoms in total. The third-order valence-corrected chi connectivity index (χ3v) is 9.09. The van der Waals surface area contributed by atoms with Gasteiger partial charge in [-0.3, -0.25) is 0 Å². The molecule has 2 saturated heterocycles. The molecule has 30 heavy (non-hydrogen) atoms. The first-order valence-electron chi connectivity index (χ1n) is 10.1. The zero-order valence-electron chi connectivity index (χ0n) is 16.7. The molecule has 0 amide bonds. The van der Waals surface area contributed by atoms with Crippen molar-refractivity contribution in [3.63, 3.8) is 0 Å². The Morgan fingerprint density at radius 2 is 1.83 bits per heavy atom. The fourth-order valence-electron chi connectivity index (χ4n) is 5.72. The van der Waals surface area contributed by atoms with Crippen LogP contribution in [0.3, 0.4) is 0 Å². The molecule has 160 valence electrons. The summed E-state index contributed by atoms with van der Waals surface area (Å²) in [5.74, 6) is 0. The van der Waals surface area contributed by atoms with Crippen molar-refractivity contribution in [1.29, 1.82) is 0 Å². The van der Waals surface area contributed by atoms with Crippen LogP contribution in [0.25, 0.3) is 0 Å². The maximum absolute atomic E-state index is 13.2. The van der Waals surface area contributed by atoms with Crippen LogP contribution in [0.15, 0.2) is 52.3 Å². The van der Waals surface area contributed by atoms with Gasteiger partial charge in [-0.1, -0.05) is 13.0 Å². The fourth-order valence-corrected chi connectivity index (χ4v) is 7.05. The molecule has 5 rings (SSSR count). The molecule has 1 N–H and O–H groups in total. The summed E-state index contributed by atoms with van der Waals surface area (Å²) < 4.78 is 65.7. The zero-order chi connectivity index (χ0) is 21.5. The van der Waals surface area contributed by atoms with Crippen LogP contribution in [0, 0.1) is 0 Å². The van der Waals surface area contributed by atoms with E-state index in [1.165, 1.54) is 12.1 Å². The molecule has 8 heteroatoms. The van der Waals surface area contributed by atoms with Crippen molar-refractivity contribution in [3.05, 3.63) is 53.6 Å². The predicted octanol–water partition coefficient (Wildman–Crippen LogP) is 4.14. The lowest BCUT2D eigenvalue weighted by Gasteiger charge is -2.44. The van der Waals surface area contributed by atoms with Gasteiger partial charge in [-0.15, -0.1) is 0 Å². The van der Waals surface area contributed by atoms with Crippen molar-refractivity contribution in [2.75, 3.05) is 11.9 Å². The van der Waals surface area contributed by atoms with Gasteiger partial charge in [-0.25, -0.2) is 8.42 Å². The highest BCUT2D eigenvalue weighted by molar-refractivity contribution is 7.91. The molecule has 4 unspecified atom stereocenters. The van der Waals surface area contributed by atoms with E-state index in [9.17, 15) is 21.6 Å². The number of benzene rings is 2. The number of hydrogen-bond acceptors (Lipinski definition) is 4. The SMILES string of the molecule is CN1c2ccc(S(=O)(=O)c3cccc(C(F)(F)F)c3)cc2C2(C)C3CCC(CC12)N3. The third kappa shape index (κ3) is 2.66. The molecule has 2 fully saturated rings. The number of nitrogens with one attached hydrogen (secondary N) is 1. The highest BCUT2D eigenvalue weighted by Gasteiger charge is 2.57. The first kappa shape index (κ1) is 19.9. The van der Waals surface area contributed by atoms with E-state index >= 15 is 0 Å². The summed E-state index contributed by atoms with van der Waals surface area (Å²) in [5, 5.41) is 3.68. The topological polar surface area (TPSA) is 49.4 Å². The summed E-state index contributed by atoms with van der Waals surface area (Å²) in [5.41, 5.74) is 0.752. The quantitative estimate of drug-likeness (QED) is 0.769. The molecular formula is C22H23F3N2O2S. The Balaban J connectivity index is 1.61. The molecule has 2 aromatic rings. The number of hydrogen-bond donors (Lipinski definition) is 1. The monoisotopic (exact) mass is 436 g/mol. The molecule has 0 aliphatic carbocycles. The van der Waals surface area contributed by atoms with Gasteiger partial charge < -0.3 is 10.2 Å². The molecule has 0 aromatic heterocycles. The number of halogens is 3. The minimum atomic E-state index is -4.60. The molecule has 3 heterocycles. The molecule has 2 bridgehead atoms. The summed E-state index contributed by atoms with van der Waals surface area (Å²) in [6, 6.07) is 9.96. The van der Waals surface area contributed by atoms with E-state index in [1.807, 2.05) is 7.05 Å². The van der Waals surface area contributed by atoms with E-state index in [0.717, 1.165) is 42.6 Å². The van der Waals surface area contributed by atoms with Gasteiger partial charge in [0.1, 0.15) is 0 Å². The van der Waals surface area contributed by atoms with E-state index in [4.69, 9.17) is 0 Å². The molecule has 4 atom stereocenters. The Bertz CT molecular complexity index is 1130. The van der Waals surface area contributed by atoms with E-state index in [-0.39, 0.29) is 27.3 Å². The van der Waals surface area contributed by atoms with Crippen LogP contribution in [0.5, 0.6) is 0 Å². The van der Waals surface area contributed by atoms with Crippen molar-refractivity contribution in [2.24, 2.45) is 0 Å². The normalized spacial score (nSPS) is 30.3. The average molecular weight is 436 g/mol. The second-order valence-electron chi connectivity index (χ2n) is 8.85. The maximum Gasteiger partial charge on any atom is 0.416 e. The molecule has 2 aromatic carbocycles. The van der Waals surface area contributed by atoms with Crippen molar-refractivity contribution in [2.45, 2.75) is 65.7 Å². The maximum atomic E-state index is 13.2. The van der Waals surface area contributed by atoms with Crippen LogP contribution in [0.1, 0.15) is 37.3 Å². The summed E-state index contributed by atoms with van der Waals surface area (Å²) in [4.78, 5) is 1.94. The number of piperidine rings is 1. The Labute approximate surface area is 174 Å². The second kappa shape index (κ2) is 6.23. The minimum Gasteiger partial charge on any atom is -0.370 e. The van der Waals surface area contributed by atoms with Crippen LogP contribution < -0.4 is 10.2 Å². The van der Waals surface area contributed by atoms with Crippen LogP contribution in [-0.4, -0.2) is 33.6 Å². The number of sulfone groups is 1. The molecular weight excluding hydrogens is 413 g/mol. The van der Waals surface area contributed by atoms with E-state index in [2.05, 4.69) is 17.1 Å². The number of alkyl halides is 3. The van der Waals surface area contributed by atoms with Crippen molar-refractivity contribution in [1.82, 2.24) is 5.32 Å². The smallest absolute Gasteiger partial charge is 0.370 e. The number of rotatable bonds is 2. The minimum absolute atomic E-state index is 0.0379. The number of anilines is 1. The lowest BCUT2D eigenvalue weighted by Crippen LogP contribution is -2.59. The van der Waals surface area contributed by atoms with Gasteiger partial charge in [0.15, 0.2) is 0 Å². The second-order valence-corrected chi connectivity index (χ2v) is 10.8. The lowest BCUT2D eigenvalue weighted by molar-refractivity contribution is -0.137. The largest absolute Gasteiger partial charge is 0.416 e. The molecule has 0 radical (unpaired) electrons. The highest BCUT2D eigenvalue weighted by atomic mass is 32.2. The molecule has 0 saturated carbocycles. The Hall–Kier alpha value is -2.06. The Morgan fingerprint density at radius 3 is 2.57 bits per heavy atom. The van der Waals surface area contributed by atoms with Crippen molar-refractivity contribution in [3.8, 4) is 0 Å². The summed E-state index contributed by atoms with van der Waals surface area (Å²) in [6.07, 6.45) is -1.45. The van der Waals surface area contributed by atoms with E-state index in [0.29, 0.717) is 12.1 Å². The van der Waals surface area contributed by atoms with Crippen LogP contribution >= 0.6 is 0 Å². The van der Waals surface area contributed by atoms with Crippen molar-refractivity contribution >= 4 is 15.5 Å². The number of likely N-dealkylation sites (N-methyl/N-ethyl adjacent to an activating group) is 1. The van der Waals surface area contributed by atoms with Crippen LogP contribution in [-0.2, 0) is 21.4 Å². The first-order valence-corrected chi connectivity index (χ1v) is 11.6. The van der Waals surface area contributed by atoms with Gasteiger partial charge in [-0.05, 0) is 61.2 Å². The van der Waals surface area contributed by atoms with Crippen molar-refractivity contribution < 1.29 is 21.6 Å². The fraction of sp³-hybridized carbons (Fsp3) is 0.455. The summed E-state index contributed by atoms with van der Waals surface area (Å²) in [6.45, 7) is 2.18. The molecule has 0 spiro atoms. The van der Waals surface area contributed by atoms with E-state index in [1.54, 1.807) is 12.1 Å². The van der Waals surface area contributed by atoms with Crippen LogP contribution in [0.4, 0.5) is 18.9 Å². The third-order valence-electron chi connectivity index (χ3n) is 7.34. The predicted molar refractivity (Wildman–Crippen MR) is 107 cm³/mol. The Morgan fingerprint density at radius 1 is 1.10 bits per heavy atom. The van der Waals surface area contributed by atoms with Gasteiger partial charge >= 0.3 is 6.18 Å². The zero-order valence-corrected chi connectivity index (χ0v) is 17.5. The number of nitrogens with zero attached hydrogens (tertiary/aromatic N) is 1. The lowest BCUT2D eigenvalue weighted by atomic mass is 9.70. The average Bonchev–Trinajstić information content (AvgIpc) is 3.22. The molecule has 3 aliphatic heterocycles. The Kier molecular flexibility index (Phi) is 4.13. The van der Waals surface area contributed by atoms with Gasteiger partial charge in [-0.2, -0.15) is 13.2 Å². The van der Waals surface area contributed by atoms with Gasteiger partial charge in [0, 0.05) is 36.3 Å². The highest BCUT2D eigenvalue weighted by Crippen LogP contribution is 2.53. The van der Waals surface area contributed by atoms with Crippen LogP contribution in [0.2, 0.25) is 0 Å². The number of fused-ring (bicyclic) bond motifs is 6. The van der Waals surface area contributed by atoms with Gasteiger partial charge in [0.2, 0.25) is 9.84 Å². The van der Waals surface area contributed by atoms with Gasteiger partial charge in [0.25, 0.3) is 0 Å².